The Kier molecular flexibility index (Phi) is 4.48. The SMILES string of the molecule is CCCCNc1nnc(-c2cnc(N(C)C)s2)s1. The molecule has 0 unspecified atom stereocenters. The van der Waals surface area contributed by atoms with Gasteiger partial charge in [0, 0.05) is 20.6 Å². The summed E-state index contributed by atoms with van der Waals surface area (Å²) in [6.45, 7) is 3.13. The fourth-order valence-electron chi connectivity index (χ4n) is 1.34. The van der Waals surface area contributed by atoms with Crippen molar-refractivity contribution >= 4 is 32.9 Å². The third-order valence-electron chi connectivity index (χ3n) is 2.32. The Morgan fingerprint density at radius 2 is 2.11 bits per heavy atom. The lowest BCUT2D eigenvalue weighted by atomic mass is 10.3. The van der Waals surface area contributed by atoms with Gasteiger partial charge in [-0.3, -0.25) is 0 Å². The highest BCUT2D eigenvalue weighted by Crippen LogP contribution is 2.33. The highest BCUT2D eigenvalue weighted by atomic mass is 32.1. The number of rotatable bonds is 6. The molecule has 0 fully saturated rings. The molecule has 0 spiro atoms. The first-order valence-corrected chi connectivity index (χ1v) is 7.55. The minimum Gasteiger partial charge on any atom is -0.360 e. The Morgan fingerprint density at radius 3 is 2.78 bits per heavy atom. The Bertz CT molecular complexity index is 491. The first-order chi connectivity index (χ1) is 8.70. The largest absolute Gasteiger partial charge is 0.360 e. The van der Waals surface area contributed by atoms with Crippen LogP contribution in [0.5, 0.6) is 0 Å². The van der Waals surface area contributed by atoms with Crippen LogP contribution < -0.4 is 10.2 Å². The van der Waals surface area contributed by atoms with Crippen LogP contribution in [0, 0.1) is 0 Å². The van der Waals surface area contributed by atoms with Gasteiger partial charge in [-0.05, 0) is 6.42 Å². The van der Waals surface area contributed by atoms with Crippen LogP contribution in [-0.4, -0.2) is 35.8 Å². The van der Waals surface area contributed by atoms with Gasteiger partial charge in [0.15, 0.2) is 10.1 Å². The van der Waals surface area contributed by atoms with Gasteiger partial charge in [-0.15, -0.1) is 10.2 Å². The van der Waals surface area contributed by atoms with Crippen LogP contribution >= 0.6 is 22.7 Å². The number of aromatic nitrogens is 3. The molecular formula is C11H17N5S2. The molecule has 0 aliphatic rings. The number of unbranched alkanes of at least 4 members (excludes halogenated alkanes) is 1. The summed E-state index contributed by atoms with van der Waals surface area (Å²) in [6.07, 6.45) is 4.19. The summed E-state index contributed by atoms with van der Waals surface area (Å²) >= 11 is 3.21. The van der Waals surface area contributed by atoms with Gasteiger partial charge in [0.1, 0.15) is 0 Å². The van der Waals surface area contributed by atoms with E-state index in [1.807, 2.05) is 25.2 Å². The number of hydrogen-bond acceptors (Lipinski definition) is 7. The third-order valence-corrected chi connectivity index (χ3v) is 4.53. The molecule has 18 heavy (non-hydrogen) atoms. The normalized spacial score (nSPS) is 10.6. The summed E-state index contributed by atoms with van der Waals surface area (Å²) in [5.74, 6) is 0. The molecule has 98 valence electrons. The molecule has 0 bridgehead atoms. The highest BCUT2D eigenvalue weighted by Gasteiger charge is 2.11. The second-order valence-corrected chi connectivity index (χ2v) is 6.08. The quantitative estimate of drug-likeness (QED) is 0.826. The lowest BCUT2D eigenvalue weighted by molar-refractivity contribution is 0.831. The first-order valence-electron chi connectivity index (χ1n) is 5.91. The molecular weight excluding hydrogens is 266 g/mol. The van der Waals surface area contributed by atoms with Gasteiger partial charge in [-0.2, -0.15) is 0 Å². The molecule has 0 radical (unpaired) electrons. The molecule has 1 N–H and O–H groups in total. The molecule has 2 aromatic rings. The van der Waals surface area contributed by atoms with Crippen LogP contribution in [0.25, 0.3) is 9.88 Å². The lowest BCUT2D eigenvalue weighted by Crippen LogP contribution is -2.07. The van der Waals surface area contributed by atoms with Crippen molar-refractivity contribution in [1.82, 2.24) is 15.2 Å². The van der Waals surface area contributed by atoms with Crippen molar-refractivity contribution in [2.45, 2.75) is 19.8 Å². The van der Waals surface area contributed by atoms with E-state index in [-0.39, 0.29) is 0 Å². The van der Waals surface area contributed by atoms with E-state index in [1.165, 1.54) is 6.42 Å². The maximum Gasteiger partial charge on any atom is 0.206 e. The summed E-state index contributed by atoms with van der Waals surface area (Å²) < 4.78 is 0. The van der Waals surface area contributed by atoms with Crippen molar-refractivity contribution in [3.8, 4) is 9.88 Å². The van der Waals surface area contributed by atoms with E-state index in [0.29, 0.717) is 0 Å². The zero-order valence-electron chi connectivity index (χ0n) is 10.8. The van der Waals surface area contributed by atoms with E-state index < -0.39 is 0 Å². The number of nitrogens with zero attached hydrogens (tertiary/aromatic N) is 4. The van der Waals surface area contributed by atoms with Gasteiger partial charge >= 0.3 is 0 Å². The molecule has 2 heterocycles. The number of nitrogens with one attached hydrogen (secondary N) is 1. The molecule has 0 saturated heterocycles. The van der Waals surface area contributed by atoms with Gasteiger partial charge in [0.05, 0.1) is 11.1 Å². The fraction of sp³-hybridized carbons (Fsp3) is 0.545. The lowest BCUT2D eigenvalue weighted by Gasteiger charge is -2.04. The zero-order chi connectivity index (χ0) is 13.0. The summed E-state index contributed by atoms with van der Waals surface area (Å²) in [7, 11) is 3.97. The summed E-state index contributed by atoms with van der Waals surface area (Å²) in [5, 5.41) is 14.4. The minimum absolute atomic E-state index is 0.887. The average Bonchev–Trinajstić information content (AvgIpc) is 2.97. The molecule has 0 aromatic carbocycles. The molecule has 0 aliphatic carbocycles. The van der Waals surface area contributed by atoms with Crippen molar-refractivity contribution in [3.63, 3.8) is 0 Å². The van der Waals surface area contributed by atoms with Crippen molar-refractivity contribution < 1.29 is 0 Å². The van der Waals surface area contributed by atoms with E-state index in [0.717, 1.165) is 33.1 Å². The van der Waals surface area contributed by atoms with Crippen molar-refractivity contribution in [3.05, 3.63) is 6.20 Å². The van der Waals surface area contributed by atoms with Crippen molar-refractivity contribution in [2.24, 2.45) is 0 Å². The zero-order valence-corrected chi connectivity index (χ0v) is 12.4. The molecule has 0 saturated carbocycles. The molecule has 0 aliphatic heterocycles. The van der Waals surface area contributed by atoms with Crippen molar-refractivity contribution in [1.29, 1.82) is 0 Å². The average molecular weight is 283 g/mol. The van der Waals surface area contributed by atoms with Crippen LogP contribution in [0.1, 0.15) is 19.8 Å². The standard InChI is InChI=1S/C11H17N5S2/c1-4-5-6-12-10-15-14-9(18-10)8-7-13-11(17-8)16(2)3/h7H,4-6H2,1-3H3,(H,12,15). The highest BCUT2D eigenvalue weighted by molar-refractivity contribution is 7.25. The minimum atomic E-state index is 0.887. The van der Waals surface area contributed by atoms with Crippen LogP contribution in [0.3, 0.4) is 0 Å². The van der Waals surface area contributed by atoms with Gasteiger partial charge < -0.3 is 10.2 Å². The van der Waals surface area contributed by atoms with Gasteiger partial charge in [0.25, 0.3) is 0 Å². The summed E-state index contributed by atoms with van der Waals surface area (Å²) in [4.78, 5) is 7.40. The van der Waals surface area contributed by atoms with Crippen LogP contribution in [0.4, 0.5) is 10.3 Å². The Labute approximate surface area is 115 Å². The Morgan fingerprint density at radius 1 is 1.28 bits per heavy atom. The number of thiazole rings is 1. The van der Waals surface area contributed by atoms with E-state index in [2.05, 4.69) is 27.4 Å². The van der Waals surface area contributed by atoms with Crippen LogP contribution in [0.2, 0.25) is 0 Å². The summed E-state index contributed by atoms with van der Waals surface area (Å²) in [5.41, 5.74) is 0. The van der Waals surface area contributed by atoms with E-state index in [1.54, 1.807) is 22.7 Å². The molecule has 5 nitrogen and oxygen atoms in total. The second-order valence-electron chi connectivity index (χ2n) is 4.09. The number of hydrogen-bond donors (Lipinski definition) is 1. The maximum absolute atomic E-state index is 4.34. The Balaban J connectivity index is 2.04. The van der Waals surface area contributed by atoms with Crippen LogP contribution in [-0.2, 0) is 0 Å². The van der Waals surface area contributed by atoms with Gasteiger partial charge in [-0.1, -0.05) is 36.0 Å². The molecule has 2 aromatic heterocycles. The first kappa shape index (κ1) is 13.2. The predicted octanol–water partition coefficient (Wildman–Crippen LogP) is 2.94. The molecule has 0 amide bonds. The van der Waals surface area contributed by atoms with Gasteiger partial charge in [0.2, 0.25) is 5.13 Å². The fourth-order valence-corrected chi connectivity index (χ4v) is 2.98. The van der Waals surface area contributed by atoms with E-state index in [9.17, 15) is 0 Å². The smallest absolute Gasteiger partial charge is 0.206 e. The molecule has 7 heteroatoms. The molecule has 2 rings (SSSR count). The van der Waals surface area contributed by atoms with Gasteiger partial charge in [-0.25, -0.2) is 4.98 Å². The monoisotopic (exact) mass is 283 g/mol. The van der Waals surface area contributed by atoms with Crippen molar-refractivity contribution in [2.75, 3.05) is 30.9 Å². The van der Waals surface area contributed by atoms with E-state index in [4.69, 9.17) is 0 Å². The topological polar surface area (TPSA) is 53.9 Å². The predicted molar refractivity (Wildman–Crippen MR) is 78.7 cm³/mol. The second kappa shape index (κ2) is 6.10. The third kappa shape index (κ3) is 3.17. The Hall–Kier alpha value is -1.21. The van der Waals surface area contributed by atoms with Crippen LogP contribution in [0.15, 0.2) is 6.20 Å². The molecule has 0 atom stereocenters. The number of anilines is 2. The summed E-state index contributed by atoms with van der Waals surface area (Å²) in [6, 6.07) is 0. The van der Waals surface area contributed by atoms with E-state index >= 15 is 0 Å². The maximum atomic E-state index is 4.34.